The Bertz CT molecular complexity index is 1030. The van der Waals surface area contributed by atoms with Crippen LogP contribution in [0.5, 0.6) is 5.75 Å². The number of phenols is 1. The molecule has 0 aliphatic rings. The molecule has 12 heteroatoms. The number of halogens is 1. The van der Waals surface area contributed by atoms with Gasteiger partial charge in [0.05, 0.1) is 24.4 Å². The van der Waals surface area contributed by atoms with Gasteiger partial charge in [-0.15, -0.1) is 0 Å². The van der Waals surface area contributed by atoms with Crippen molar-refractivity contribution in [3.05, 3.63) is 37.6 Å². The number of hydroxylamine groups is 1. The zero-order chi connectivity index (χ0) is 21.1. The van der Waals surface area contributed by atoms with E-state index in [-0.39, 0.29) is 28.6 Å². The molecule has 10 nitrogen and oxygen atoms in total. The Kier molecular flexibility index (Phi) is 7.01. The van der Waals surface area contributed by atoms with Crippen molar-refractivity contribution in [2.45, 2.75) is 11.8 Å². The molecule has 0 spiro atoms. The summed E-state index contributed by atoms with van der Waals surface area (Å²) in [5.74, 6) is -0.718. The van der Waals surface area contributed by atoms with Crippen LogP contribution in [0.2, 0.25) is 5.02 Å². The average molecular weight is 434 g/mol. The summed E-state index contributed by atoms with van der Waals surface area (Å²) in [4.78, 5) is 27.7. The zero-order valence-electron chi connectivity index (χ0n) is 15.4. The van der Waals surface area contributed by atoms with Crippen molar-refractivity contribution in [1.29, 1.82) is 0 Å². The highest BCUT2D eigenvalue weighted by Gasteiger charge is 2.30. The summed E-state index contributed by atoms with van der Waals surface area (Å²) >= 11 is 5.94. The van der Waals surface area contributed by atoms with E-state index in [4.69, 9.17) is 16.3 Å². The Morgan fingerprint density at radius 2 is 1.86 bits per heavy atom. The minimum atomic E-state index is -4.27. The number of benzene rings is 1. The molecule has 28 heavy (non-hydrogen) atoms. The van der Waals surface area contributed by atoms with Gasteiger partial charge in [0.15, 0.2) is 5.75 Å². The standard InChI is InChI=1S/C16H20ClN3O7S/c1-4-27-8-7-18-11-12(15(23)14(11)22)19-10-6-5-9(17)16(13(10)21)28(24,25)20(2)26-3/h5-6,18-19,21H,4,7-8H2,1-3H3. The summed E-state index contributed by atoms with van der Waals surface area (Å²) in [5, 5.41) is 15.6. The van der Waals surface area contributed by atoms with Gasteiger partial charge in [0.25, 0.3) is 20.9 Å². The number of hydrogen-bond acceptors (Lipinski definition) is 9. The first kappa shape index (κ1) is 22.1. The van der Waals surface area contributed by atoms with E-state index in [2.05, 4.69) is 15.5 Å². The Balaban J connectivity index is 2.37. The van der Waals surface area contributed by atoms with E-state index in [1.54, 1.807) is 0 Å². The van der Waals surface area contributed by atoms with Gasteiger partial charge in [-0.3, -0.25) is 14.4 Å². The number of ether oxygens (including phenoxy) is 1. The van der Waals surface area contributed by atoms with Crippen molar-refractivity contribution < 1.29 is 23.1 Å². The molecule has 0 saturated heterocycles. The summed E-state index contributed by atoms with van der Waals surface area (Å²) in [6.45, 7) is 2.94. The quantitative estimate of drug-likeness (QED) is 0.217. The minimum absolute atomic E-state index is 0.0254. The second kappa shape index (κ2) is 8.88. The zero-order valence-corrected chi connectivity index (χ0v) is 17.0. The number of aromatic hydroxyl groups is 1. The molecule has 154 valence electrons. The highest BCUT2D eigenvalue weighted by atomic mass is 35.5. The van der Waals surface area contributed by atoms with Gasteiger partial charge in [-0.1, -0.05) is 16.1 Å². The Morgan fingerprint density at radius 3 is 2.46 bits per heavy atom. The molecule has 0 heterocycles. The molecule has 0 bridgehead atoms. The number of nitrogens with one attached hydrogen (secondary N) is 2. The molecule has 2 aromatic carbocycles. The molecule has 0 radical (unpaired) electrons. The predicted octanol–water partition coefficient (Wildman–Crippen LogP) is 1.02. The van der Waals surface area contributed by atoms with Crippen LogP contribution >= 0.6 is 11.6 Å². The summed E-state index contributed by atoms with van der Waals surface area (Å²) in [6, 6.07) is 2.51. The maximum atomic E-state index is 12.5. The van der Waals surface area contributed by atoms with Crippen LogP contribution < -0.4 is 21.5 Å². The summed E-state index contributed by atoms with van der Waals surface area (Å²) in [6.07, 6.45) is 0. The summed E-state index contributed by atoms with van der Waals surface area (Å²) in [7, 11) is -2.01. The van der Waals surface area contributed by atoms with E-state index in [0.717, 1.165) is 14.2 Å². The second-order valence-corrected chi connectivity index (χ2v) is 7.81. The molecular formula is C16H20ClN3O7S. The Morgan fingerprint density at radius 1 is 1.21 bits per heavy atom. The lowest BCUT2D eigenvalue weighted by molar-refractivity contribution is -0.0259. The number of nitrogens with zero attached hydrogens (tertiary/aromatic N) is 1. The highest BCUT2D eigenvalue weighted by Crippen LogP contribution is 2.39. The first-order chi connectivity index (χ1) is 13.2. The van der Waals surface area contributed by atoms with Crippen LogP contribution in [0.4, 0.5) is 17.1 Å². The smallest absolute Gasteiger partial charge is 0.269 e. The van der Waals surface area contributed by atoms with Gasteiger partial charge in [0, 0.05) is 20.2 Å². The average Bonchev–Trinajstić information content (AvgIpc) is 2.66. The van der Waals surface area contributed by atoms with Crippen LogP contribution in [-0.4, -0.2) is 51.9 Å². The molecule has 2 aromatic rings. The first-order valence-electron chi connectivity index (χ1n) is 8.13. The largest absolute Gasteiger partial charge is 0.504 e. The van der Waals surface area contributed by atoms with E-state index in [0.29, 0.717) is 17.7 Å². The maximum Gasteiger partial charge on any atom is 0.269 e. The summed E-state index contributed by atoms with van der Waals surface area (Å²) < 4.78 is 30.6. The fourth-order valence-corrected chi connectivity index (χ4v) is 3.89. The molecular weight excluding hydrogens is 414 g/mol. The topological polar surface area (TPSA) is 134 Å². The number of phenolic OH excluding ortho intramolecular Hbond substituents is 1. The fourth-order valence-electron chi connectivity index (χ4n) is 2.33. The van der Waals surface area contributed by atoms with Gasteiger partial charge in [0.1, 0.15) is 16.3 Å². The van der Waals surface area contributed by atoms with Crippen molar-refractivity contribution in [3.63, 3.8) is 0 Å². The van der Waals surface area contributed by atoms with Gasteiger partial charge in [0.2, 0.25) is 0 Å². The molecule has 0 fully saturated rings. The van der Waals surface area contributed by atoms with Gasteiger partial charge in [-0.2, -0.15) is 0 Å². The molecule has 0 atom stereocenters. The third-order valence-corrected chi connectivity index (χ3v) is 6.04. The fraction of sp³-hybridized carbons (Fsp3) is 0.375. The number of hydrogen-bond donors (Lipinski definition) is 3. The lowest BCUT2D eigenvalue weighted by atomic mass is 10.1. The third kappa shape index (κ3) is 4.13. The van der Waals surface area contributed by atoms with Gasteiger partial charge >= 0.3 is 0 Å². The monoisotopic (exact) mass is 433 g/mol. The molecule has 0 saturated carbocycles. The molecule has 0 unspecified atom stereocenters. The van der Waals surface area contributed by atoms with Crippen LogP contribution in [0.15, 0.2) is 26.6 Å². The third-order valence-electron chi connectivity index (χ3n) is 3.86. The molecule has 2 rings (SSSR count). The Hall–Kier alpha value is -2.18. The first-order valence-corrected chi connectivity index (χ1v) is 9.95. The van der Waals surface area contributed by atoms with Crippen molar-refractivity contribution in [2.75, 3.05) is 44.5 Å². The van der Waals surface area contributed by atoms with Crippen molar-refractivity contribution in [3.8, 4) is 5.75 Å². The van der Waals surface area contributed by atoms with Gasteiger partial charge in [-0.25, -0.2) is 8.42 Å². The Labute approximate surface area is 166 Å². The number of rotatable bonds is 10. The van der Waals surface area contributed by atoms with Gasteiger partial charge < -0.3 is 20.5 Å². The molecule has 0 aliphatic carbocycles. The van der Waals surface area contributed by atoms with Crippen LogP contribution in [-0.2, 0) is 19.6 Å². The van der Waals surface area contributed by atoms with Crippen LogP contribution in [0.25, 0.3) is 0 Å². The second-order valence-electron chi connectivity index (χ2n) is 5.53. The molecule has 0 aliphatic heterocycles. The van der Waals surface area contributed by atoms with Crippen LogP contribution in [0, 0.1) is 0 Å². The van der Waals surface area contributed by atoms with Crippen molar-refractivity contribution >= 4 is 38.7 Å². The van der Waals surface area contributed by atoms with E-state index in [1.165, 1.54) is 12.1 Å². The lowest BCUT2D eigenvalue weighted by Crippen LogP contribution is -2.37. The van der Waals surface area contributed by atoms with E-state index < -0.39 is 31.5 Å². The lowest BCUT2D eigenvalue weighted by Gasteiger charge is -2.19. The SMILES string of the molecule is CCOCCNc1c(Nc2ccc(Cl)c(S(=O)(=O)N(C)OC)c2O)c(=O)c1=O. The summed E-state index contributed by atoms with van der Waals surface area (Å²) in [5.41, 5.74) is -1.71. The number of anilines is 3. The number of sulfonamides is 1. The highest BCUT2D eigenvalue weighted by molar-refractivity contribution is 7.89. The normalized spacial score (nSPS) is 11.9. The molecule has 3 N–H and O–H groups in total. The van der Waals surface area contributed by atoms with Gasteiger partial charge in [-0.05, 0) is 19.1 Å². The van der Waals surface area contributed by atoms with Crippen molar-refractivity contribution in [1.82, 2.24) is 4.47 Å². The maximum absolute atomic E-state index is 12.5. The van der Waals surface area contributed by atoms with Crippen molar-refractivity contribution in [2.24, 2.45) is 0 Å². The predicted molar refractivity (Wildman–Crippen MR) is 105 cm³/mol. The van der Waals surface area contributed by atoms with E-state index in [9.17, 15) is 23.1 Å². The molecule has 0 aromatic heterocycles. The molecule has 0 amide bonds. The van der Waals surface area contributed by atoms with E-state index in [1.807, 2.05) is 6.92 Å². The van der Waals surface area contributed by atoms with Crippen LogP contribution in [0.1, 0.15) is 6.92 Å². The van der Waals surface area contributed by atoms with E-state index >= 15 is 0 Å². The minimum Gasteiger partial charge on any atom is -0.504 e. The van der Waals surface area contributed by atoms with Crippen LogP contribution in [0.3, 0.4) is 0 Å².